The summed E-state index contributed by atoms with van der Waals surface area (Å²) in [5.74, 6) is -1.24. The zero-order valence-electron chi connectivity index (χ0n) is 21.9. The Bertz CT molecular complexity index is 1240. The Hall–Kier alpha value is -3.92. The fraction of sp³-hybridized carbons (Fsp3) is 0.357. The number of nitrogens with two attached hydrogens (primary N) is 1. The van der Waals surface area contributed by atoms with Gasteiger partial charge < -0.3 is 25.8 Å². The number of hydrogen-bond donors (Lipinski definition) is 4. The maximum Gasteiger partial charge on any atom is 0.413 e. The van der Waals surface area contributed by atoms with Crippen LogP contribution in [0.5, 0.6) is 0 Å². The van der Waals surface area contributed by atoms with E-state index in [1.54, 1.807) is 20.8 Å². The standard InChI is InChI=1S/C28H34N4O5S/c1-28(2,3)37-27(35)32-26(38)31-13-7-6-12-30-24(33)16-23(29)25(34)36-17-18-10-11-20-15-19-8-4-5-9-21(19)22(20)14-18/h4-5,8-11,14,16H,6-7,12-13,15,17,29H2,1-3H3,(H,30,33)(H2,31,32,35,38). The van der Waals surface area contributed by atoms with Crippen molar-refractivity contribution >= 4 is 35.3 Å². The van der Waals surface area contributed by atoms with Gasteiger partial charge in [-0.3, -0.25) is 10.1 Å². The first kappa shape index (κ1) is 28.6. The lowest BCUT2D eigenvalue weighted by Crippen LogP contribution is -2.42. The summed E-state index contributed by atoms with van der Waals surface area (Å²) in [5, 5.41) is 8.17. The molecule has 0 saturated heterocycles. The van der Waals surface area contributed by atoms with Crippen molar-refractivity contribution in [2.24, 2.45) is 5.73 Å². The van der Waals surface area contributed by atoms with Crippen LogP contribution < -0.4 is 21.7 Å². The molecule has 10 heteroatoms. The molecule has 38 heavy (non-hydrogen) atoms. The number of nitrogens with one attached hydrogen (secondary N) is 3. The number of amides is 2. The van der Waals surface area contributed by atoms with E-state index in [4.69, 9.17) is 27.4 Å². The summed E-state index contributed by atoms with van der Waals surface area (Å²) in [7, 11) is 0. The molecule has 9 nitrogen and oxygen atoms in total. The van der Waals surface area contributed by atoms with Gasteiger partial charge in [-0.25, -0.2) is 9.59 Å². The molecule has 0 unspecified atom stereocenters. The first-order chi connectivity index (χ1) is 18.0. The number of esters is 1. The third-order valence-electron chi connectivity index (χ3n) is 5.56. The van der Waals surface area contributed by atoms with Gasteiger partial charge in [0.25, 0.3) is 0 Å². The molecule has 3 rings (SSSR count). The summed E-state index contributed by atoms with van der Waals surface area (Å²) in [5.41, 5.74) is 10.6. The average molecular weight is 539 g/mol. The number of carbonyl (C=O) groups is 3. The number of hydrogen-bond acceptors (Lipinski definition) is 7. The molecule has 0 aromatic heterocycles. The summed E-state index contributed by atoms with van der Waals surface area (Å²) in [6, 6.07) is 14.2. The van der Waals surface area contributed by atoms with Gasteiger partial charge >= 0.3 is 12.1 Å². The molecule has 5 N–H and O–H groups in total. The fourth-order valence-electron chi connectivity index (χ4n) is 3.85. The smallest absolute Gasteiger partial charge is 0.413 e. The molecular formula is C28H34N4O5S. The molecule has 0 atom stereocenters. The van der Waals surface area contributed by atoms with E-state index in [1.807, 2.05) is 30.3 Å². The van der Waals surface area contributed by atoms with Crippen molar-refractivity contribution in [2.75, 3.05) is 13.1 Å². The number of alkyl carbamates (subject to hydrolysis) is 1. The van der Waals surface area contributed by atoms with E-state index in [9.17, 15) is 14.4 Å². The molecule has 1 aliphatic rings. The van der Waals surface area contributed by atoms with Crippen LogP contribution in [0.3, 0.4) is 0 Å². The SMILES string of the molecule is CC(C)(C)OC(=O)NC(=S)NCCCCNC(=O)C=C(N)C(=O)OCc1ccc2c(c1)-c1ccccc1C2. The van der Waals surface area contributed by atoms with E-state index in [-0.39, 0.29) is 17.4 Å². The second-order valence-electron chi connectivity index (χ2n) is 9.88. The van der Waals surface area contributed by atoms with Gasteiger partial charge in [0.2, 0.25) is 5.91 Å². The first-order valence-electron chi connectivity index (χ1n) is 12.4. The van der Waals surface area contributed by atoms with Crippen molar-refractivity contribution < 1.29 is 23.9 Å². The Kier molecular flexibility index (Phi) is 9.84. The minimum atomic E-state index is -0.753. The maximum absolute atomic E-state index is 12.3. The van der Waals surface area contributed by atoms with Crippen LogP contribution in [0.1, 0.15) is 50.3 Å². The van der Waals surface area contributed by atoms with Gasteiger partial charge in [-0.05, 0) is 86.1 Å². The van der Waals surface area contributed by atoms with Crippen molar-refractivity contribution in [1.29, 1.82) is 0 Å². The molecule has 0 saturated carbocycles. The molecule has 0 bridgehead atoms. The van der Waals surface area contributed by atoms with Crippen molar-refractivity contribution in [3.63, 3.8) is 0 Å². The number of fused-ring (bicyclic) bond motifs is 3. The number of rotatable bonds is 9. The Morgan fingerprint density at radius 3 is 2.42 bits per heavy atom. The first-order valence-corrected chi connectivity index (χ1v) is 12.8. The molecule has 0 fully saturated rings. The highest BCUT2D eigenvalue weighted by Crippen LogP contribution is 2.36. The number of carbonyl (C=O) groups excluding carboxylic acids is 3. The summed E-state index contributed by atoms with van der Waals surface area (Å²) in [6.07, 6.45) is 2.63. The highest BCUT2D eigenvalue weighted by Gasteiger charge is 2.19. The second kappa shape index (κ2) is 13.0. The van der Waals surface area contributed by atoms with E-state index in [2.05, 4.69) is 28.1 Å². The largest absolute Gasteiger partial charge is 0.456 e. The topological polar surface area (TPSA) is 132 Å². The number of unbranched alkanes of at least 4 members (excludes halogenated alkanes) is 1. The molecule has 1 aliphatic carbocycles. The maximum atomic E-state index is 12.3. The Morgan fingerprint density at radius 2 is 1.68 bits per heavy atom. The fourth-order valence-corrected chi connectivity index (χ4v) is 4.03. The van der Waals surface area contributed by atoms with Gasteiger partial charge in [-0.1, -0.05) is 36.4 Å². The van der Waals surface area contributed by atoms with E-state index >= 15 is 0 Å². The molecule has 2 amide bonds. The van der Waals surface area contributed by atoms with Crippen LogP contribution in [0, 0.1) is 0 Å². The molecule has 0 radical (unpaired) electrons. The average Bonchev–Trinajstić information content (AvgIpc) is 3.21. The summed E-state index contributed by atoms with van der Waals surface area (Å²) >= 11 is 5.04. The zero-order chi connectivity index (χ0) is 27.7. The van der Waals surface area contributed by atoms with Gasteiger partial charge in [-0.2, -0.15) is 0 Å². The van der Waals surface area contributed by atoms with Gasteiger partial charge in [0.15, 0.2) is 5.11 Å². The summed E-state index contributed by atoms with van der Waals surface area (Å²) in [6.45, 7) is 6.22. The van der Waals surface area contributed by atoms with Gasteiger partial charge in [0, 0.05) is 19.2 Å². The highest BCUT2D eigenvalue weighted by atomic mass is 32.1. The van der Waals surface area contributed by atoms with Crippen molar-refractivity contribution in [3.05, 3.63) is 70.9 Å². The van der Waals surface area contributed by atoms with E-state index in [0.29, 0.717) is 25.9 Å². The van der Waals surface area contributed by atoms with E-state index in [0.717, 1.165) is 23.6 Å². The molecular weight excluding hydrogens is 504 g/mol. The Labute approximate surface area is 228 Å². The highest BCUT2D eigenvalue weighted by molar-refractivity contribution is 7.80. The summed E-state index contributed by atoms with van der Waals surface area (Å²) < 4.78 is 10.4. The predicted molar refractivity (Wildman–Crippen MR) is 149 cm³/mol. The summed E-state index contributed by atoms with van der Waals surface area (Å²) in [4.78, 5) is 36.0. The van der Waals surface area contributed by atoms with Crippen LogP contribution in [0.15, 0.2) is 54.2 Å². The van der Waals surface area contributed by atoms with Gasteiger partial charge in [-0.15, -0.1) is 0 Å². The molecule has 2 aromatic rings. The van der Waals surface area contributed by atoms with Crippen LogP contribution >= 0.6 is 12.2 Å². The second-order valence-corrected chi connectivity index (χ2v) is 10.3. The Morgan fingerprint density at radius 1 is 1.00 bits per heavy atom. The molecule has 2 aromatic carbocycles. The van der Waals surface area contributed by atoms with Crippen molar-refractivity contribution in [2.45, 2.75) is 52.2 Å². The van der Waals surface area contributed by atoms with Crippen molar-refractivity contribution in [1.82, 2.24) is 16.0 Å². The van der Waals surface area contributed by atoms with Crippen LogP contribution in [0.2, 0.25) is 0 Å². The number of benzene rings is 2. The number of ether oxygens (including phenoxy) is 2. The molecule has 0 heterocycles. The lowest BCUT2D eigenvalue weighted by molar-refractivity contribution is -0.140. The normalized spacial score (nSPS) is 12.1. The van der Waals surface area contributed by atoms with Crippen LogP contribution in [0.25, 0.3) is 11.1 Å². The van der Waals surface area contributed by atoms with Crippen molar-refractivity contribution in [3.8, 4) is 11.1 Å². The van der Waals surface area contributed by atoms with E-state index < -0.39 is 23.6 Å². The van der Waals surface area contributed by atoms with Crippen LogP contribution in [0.4, 0.5) is 4.79 Å². The lowest BCUT2D eigenvalue weighted by atomic mass is 10.0. The van der Waals surface area contributed by atoms with Crippen LogP contribution in [-0.2, 0) is 32.1 Å². The molecule has 202 valence electrons. The third kappa shape index (κ3) is 8.88. The van der Waals surface area contributed by atoms with E-state index in [1.165, 1.54) is 16.7 Å². The predicted octanol–water partition coefficient (Wildman–Crippen LogP) is 3.44. The lowest BCUT2D eigenvalue weighted by Gasteiger charge is -2.20. The molecule has 0 spiro atoms. The monoisotopic (exact) mass is 538 g/mol. The van der Waals surface area contributed by atoms with Gasteiger partial charge in [0.05, 0.1) is 0 Å². The third-order valence-corrected chi connectivity index (χ3v) is 5.80. The van der Waals surface area contributed by atoms with Gasteiger partial charge in [0.1, 0.15) is 17.9 Å². The minimum Gasteiger partial charge on any atom is -0.456 e. The minimum absolute atomic E-state index is 0.0576. The molecule has 0 aliphatic heterocycles. The van der Waals surface area contributed by atoms with Crippen LogP contribution in [-0.4, -0.2) is 41.8 Å². The Balaban J connectivity index is 1.33. The zero-order valence-corrected chi connectivity index (χ0v) is 22.7. The number of thiocarbonyl (C=S) groups is 1. The quantitative estimate of drug-likeness (QED) is 0.141.